The van der Waals surface area contributed by atoms with Crippen molar-refractivity contribution in [3.05, 3.63) is 18.0 Å². The van der Waals surface area contributed by atoms with E-state index in [0.717, 1.165) is 32.1 Å². The predicted molar refractivity (Wildman–Crippen MR) is 129 cm³/mol. The first-order chi connectivity index (χ1) is 14.0. The Morgan fingerprint density at radius 2 is 2.00 bits per heavy atom. The van der Waals surface area contributed by atoms with Crippen LogP contribution in [0.15, 0.2) is 21.8 Å². The Morgan fingerprint density at radius 1 is 1.23 bits per heavy atom. The minimum Gasteiger partial charge on any atom is -0.364 e. The first-order valence-electron chi connectivity index (χ1n) is 10.7. The molecule has 3 rings (SSSR count). The van der Waals surface area contributed by atoms with Crippen molar-refractivity contribution in [1.29, 1.82) is 0 Å². The van der Waals surface area contributed by atoms with Gasteiger partial charge in [0.15, 0.2) is 5.96 Å². The van der Waals surface area contributed by atoms with Gasteiger partial charge in [0, 0.05) is 44.8 Å². The molecular formula is C19H35IN6O3S. The minimum atomic E-state index is -3.39. The molecule has 172 valence electrons. The van der Waals surface area contributed by atoms with Crippen LogP contribution in [-0.2, 0) is 15.8 Å². The quantitative estimate of drug-likeness (QED) is 0.311. The molecule has 0 aliphatic carbocycles. The van der Waals surface area contributed by atoms with Crippen LogP contribution in [0.4, 0.5) is 0 Å². The van der Waals surface area contributed by atoms with Crippen molar-refractivity contribution in [3.8, 4) is 0 Å². The van der Waals surface area contributed by atoms with E-state index in [2.05, 4.69) is 34.1 Å². The van der Waals surface area contributed by atoms with Crippen LogP contribution < -0.4 is 5.32 Å². The highest BCUT2D eigenvalue weighted by atomic mass is 127. The number of guanidine groups is 1. The normalized spacial score (nSPS) is 22.0. The number of sulfonamides is 1. The molecule has 0 bridgehead atoms. The third kappa shape index (κ3) is 6.79. The average Bonchev–Trinajstić information content (AvgIpc) is 3.23. The molecule has 0 saturated carbocycles. The van der Waals surface area contributed by atoms with Gasteiger partial charge in [-0.25, -0.2) is 8.42 Å². The van der Waals surface area contributed by atoms with E-state index in [0.29, 0.717) is 37.9 Å². The van der Waals surface area contributed by atoms with Crippen molar-refractivity contribution in [2.45, 2.75) is 44.9 Å². The summed E-state index contributed by atoms with van der Waals surface area (Å²) >= 11 is 0. The smallest absolute Gasteiger partial charge is 0.220 e. The standard InChI is InChI=1S/C19H34N6O3S.HI/c1-3-20-19(21-15-18-7-5-6-9-23(18)4-2)24-10-12-25(13-11-24)29(26,27)16-17-8-14-28-22-17;/h8,14,18H,3-7,9-13,15-16H2,1-2H3,(H,20,21);1H. The zero-order valence-corrected chi connectivity index (χ0v) is 21.1. The monoisotopic (exact) mass is 554 g/mol. The topological polar surface area (TPSA) is 94.3 Å². The van der Waals surface area contributed by atoms with Gasteiger partial charge in [0.2, 0.25) is 10.0 Å². The zero-order chi connectivity index (χ0) is 20.7. The summed E-state index contributed by atoms with van der Waals surface area (Å²) in [6, 6.07) is 2.10. The lowest BCUT2D eigenvalue weighted by Gasteiger charge is -2.37. The Balaban J connectivity index is 0.00000320. The highest BCUT2D eigenvalue weighted by molar-refractivity contribution is 14.0. The number of halogens is 1. The van der Waals surface area contributed by atoms with Crippen molar-refractivity contribution < 1.29 is 12.9 Å². The van der Waals surface area contributed by atoms with Crippen LogP contribution >= 0.6 is 24.0 Å². The van der Waals surface area contributed by atoms with E-state index in [9.17, 15) is 8.42 Å². The summed E-state index contributed by atoms with van der Waals surface area (Å²) in [5.74, 6) is 0.773. The Labute approximate surface area is 197 Å². The molecule has 1 aromatic heterocycles. The Hall–Kier alpha value is -0.920. The number of hydrogen-bond acceptors (Lipinski definition) is 6. The summed E-state index contributed by atoms with van der Waals surface area (Å²) < 4.78 is 31.6. The van der Waals surface area contributed by atoms with Gasteiger partial charge < -0.3 is 14.7 Å². The number of rotatable bonds is 7. The molecular weight excluding hydrogens is 519 g/mol. The third-order valence-electron chi connectivity index (χ3n) is 5.70. The second-order valence-electron chi connectivity index (χ2n) is 7.61. The first kappa shape index (κ1) is 25.3. The predicted octanol–water partition coefficient (Wildman–Crippen LogP) is 1.58. The molecule has 0 radical (unpaired) electrons. The average molecular weight is 554 g/mol. The number of aromatic nitrogens is 1. The van der Waals surface area contributed by atoms with E-state index < -0.39 is 10.0 Å². The summed E-state index contributed by atoms with van der Waals surface area (Å²) in [6.45, 7) is 10.3. The molecule has 1 unspecified atom stereocenters. The molecule has 1 N–H and O–H groups in total. The number of piperazine rings is 1. The molecule has 9 nitrogen and oxygen atoms in total. The van der Waals surface area contributed by atoms with Crippen LogP contribution in [0.3, 0.4) is 0 Å². The Morgan fingerprint density at radius 3 is 2.63 bits per heavy atom. The summed E-state index contributed by atoms with van der Waals surface area (Å²) in [7, 11) is -3.39. The van der Waals surface area contributed by atoms with Crippen molar-refractivity contribution in [2.24, 2.45) is 4.99 Å². The molecule has 3 heterocycles. The van der Waals surface area contributed by atoms with E-state index in [1.807, 2.05) is 0 Å². The maximum absolute atomic E-state index is 12.6. The number of piperidine rings is 1. The molecule has 0 amide bonds. The largest absolute Gasteiger partial charge is 0.364 e. The minimum absolute atomic E-state index is 0. The number of aliphatic imine (C=N–C) groups is 1. The van der Waals surface area contributed by atoms with Crippen LogP contribution in [0, 0.1) is 0 Å². The fourth-order valence-electron chi connectivity index (χ4n) is 4.07. The lowest BCUT2D eigenvalue weighted by atomic mass is 10.0. The van der Waals surface area contributed by atoms with Crippen LogP contribution in [0.2, 0.25) is 0 Å². The van der Waals surface area contributed by atoms with Crippen LogP contribution in [0.5, 0.6) is 0 Å². The number of likely N-dealkylation sites (tertiary alicyclic amines) is 1. The fourth-order valence-corrected chi connectivity index (χ4v) is 5.49. The summed E-state index contributed by atoms with van der Waals surface area (Å²) in [5.41, 5.74) is 0.440. The van der Waals surface area contributed by atoms with Crippen LogP contribution in [0.25, 0.3) is 0 Å². The van der Waals surface area contributed by atoms with Crippen LogP contribution in [0.1, 0.15) is 38.8 Å². The molecule has 1 aromatic rings. The zero-order valence-electron chi connectivity index (χ0n) is 18.0. The molecule has 2 fully saturated rings. The van der Waals surface area contributed by atoms with Gasteiger partial charge in [-0.1, -0.05) is 18.5 Å². The van der Waals surface area contributed by atoms with E-state index in [1.54, 1.807) is 10.4 Å². The van der Waals surface area contributed by atoms with E-state index in [1.165, 1.54) is 25.5 Å². The van der Waals surface area contributed by atoms with E-state index in [-0.39, 0.29) is 29.7 Å². The van der Waals surface area contributed by atoms with E-state index in [4.69, 9.17) is 9.52 Å². The molecule has 30 heavy (non-hydrogen) atoms. The lowest BCUT2D eigenvalue weighted by Crippen LogP contribution is -2.54. The number of likely N-dealkylation sites (N-methyl/N-ethyl adjacent to an activating group) is 1. The van der Waals surface area contributed by atoms with Crippen molar-refractivity contribution in [1.82, 2.24) is 24.6 Å². The second kappa shape index (κ2) is 12.2. The Bertz CT molecular complexity index is 750. The molecule has 2 saturated heterocycles. The lowest BCUT2D eigenvalue weighted by molar-refractivity contribution is 0.161. The van der Waals surface area contributed by atoms with Gasteiger partial charge in [-0.05, 0) is 32.9 Å². The van der Waals surface area contributed by atoms with Crippen molar-refractivity contribution in [3.63, 3.8) is 0 Å². The molecule has 0 aromatic carbocycles. The maximum atomic E-state index is 12.6. The van der Waals surface area contributed by atoms with Gasteiger partial charge in [0.25, 0.3) is 0 Å². The summed E-state index contributed by atoms with van der Waals surface area (Å²) in [4.78, 5) is 9.60. The third-order valence-corrected chi connectivity index (χ3v) is 7.51. The summed E-state index contributed by atoms with van der Waals surface area (Å²) in [5, 5.41) is 7.10. The van der Waals surface area contributed by atoms with Gasteiger partial charge in [-0.3, -0.25) is 9.89 Å². The number of nitrogens with zero attached hydrogens (tertiary/aromatic N) is 5. The van der Waals surface area contributed by atoms with Gasteiger partial charge in [0.1, 0.15) is 12.0 Å². The fraction of sp³-hybridized carbons (Fsp3) is 0.789. The summed E-state index contributed by atoms with van der Waals surface area (Å²) in [6.07, 6.45) is 5.15. The molecule has 11 heteroatoms. The number of hydrogen-bond donors (Lipinski definition) is 1. The maximum Gasteiger partial charge on any atom is 0.220 e. The molecule has 0 spiro atoms. The van der Waals surface area contributed by atoms with Gasteiger partial charge in [0.05, 0.1) is 12.2 Å². The molecule has 1 atom stereocenters. The van der Waals surface area contributed by atoms with Gasteiger partial charge in [-0.15, -0.1) is 24.0 Å². The highest BCUT2D eigenvalue weighted by Crippen LogP contribution is 2.17. The first-order valence-corrected chi connectivity index (χ1v) is 12.3. The van der Waals surface area contributed by atoms with Gasteiger partial charge >= 0.3 is 0 Å². The molecule has 2 aliphatic heterocycles. The number of nitrogens with one attached hydrogen (secondary N) is 1. The highest BCUT2D eigenvalue weighted by Gasteiger charge is 2.29. The SMILES string of the molecule is CCNC(=NCC1CCCCN1CC)N1CCN(S(=O)(=O)Cc2ccon2)CC1.I. The van der Waals surface area contributed by atoms with Crippen molar-refractivity contribution >= 4 is 40.0 Å². The van der Waals surface area contributed by atoms with Crippen LogP contribution in [-0.4, -0.2) is 92.0 Å². The van der Waals surface area contributed by atoms with E-state index >= 15 is 0 Å². The van der Waals surface area contributed by atoms with Gasteiger partial charge in [-0.2, -0.15) is 4.31 Å². The van der Waals surface area contributed by atoms with Crippen molar-refractivity contribution in [2.75, 3.05) is 52.4 Å². The molecule has 2 aliphatic rings. The Kier molecular flexibility index (Phi) is 10.3. The second-order valence-corrected chi connectivity index (χ2v) is 9.57.